The van der Waals surface area contributed by atoms with Gasteiger partial charge in [0.15, 0.2) is 0 Å². The fourth-order valence-corrected chi connectivity index (χ4v) is 1.35. The van der Waals surface area contributed by atoms with Gasteiger partial charge < -0.3 is 11.1 Å². The molecule has 0 saturated carbocycles. The van der Waals surface area contributed by atoms with Crippen LogP contribution in [0, 0.1) is 5.82 Å². The number of hydrogen-bond donors (Lipinski definition) is 2. The molecule has 1 amide bonds. The highest BCUT2D eigenvalue weighted by molar-refractivity contribution is 6.31. The summed E-state index contributed by atoms with van der Waals surface area (Å²) in [5, 5.41) is 2.59. The molecule has 16 heavy (non-hydrogen) atoms. The molecular formula is C11H14ClFN2O. The summed E-state index contributed by atoms with van der Waals surface area (Å²) >= 11 is 5.58. The molecule has 0 heterocycles. The molecule has 3 nitrogen and oxygen atoms in total. The van der Waals surface area contributed by atoms with Gasteiger partial charge in [-0.15, -0.1) is 0 Å². The molecule has 0 radical (unpaired) electrons. The minimum absolute atomic E-state index is 0.0161. The Balaban J connectivity index is 2.59. The minimum atomic E-state index is -0.509. The van der Waals surface area contributed by atoms with E-state index in [0.717, 1.165) is 6.42 Å². The van der Waals surface area contributed by atoms with Crippen LogP contribution < -0.4 is 11.1 Å². The van der Waals surface area contributed by atoms with Gasteiger partial charge in [0.25, 0.3) is 0 Å². The van der Waals surface area contributed by atoms with Crippen molar-refractivity contribution in [3.05, 3.63) is 29.0 Å². The predicted molar refractivity (Wildman–Crippen MR) is 62.9 cm³/mol. The van der Waals surface area contributed by atoms with Crippen molar-refractivity contribution >= 4 is 23.2 Å². The Labute approximate surface area is 98.8 Å². The molecule has 3 N–H and O–H groups in total. The van der Waals surface area contributed by atoms with Crippen molar-refractivity contribution in [3.63, 3.8) is 0 Å². The summed E-state index contributed by atoms with van der Waals surface area (Å²) < 4.78 is 12.8. The first-order chi connectivity index (χ1) is 7.52. The number of halogens is 2. The number of hydrogen-bond acceptors (Lipinski definition) is 2. The van der Waals surface area contributed by atoms with E-state index in [2.05, 4.69) is 5.32 Å². The van der Waals surface area contributed by atoms with Crippen LogP contribution in [-0.4, -0.2) is 11.9 Å². The topological polar surface area (TPSA) is 55.1 Å². The average Bonchev–Trinajstić information content (AvgIpc) is 2.23. The number of carbonyl (C=O) groups excluding carboxylic acids is 1. The number of nitrogens with one attached hydrogen (secondary N) is 1. The summed E-state index contributed by atoms with van der Waals surface area (Å²) in [6.45, 7) is 1.91. The molecule has 0 spiro atoms. The Morgan fingerprint density at radius 3 is 2.88 bits per heavy atom. The van der Waals surface area contributed by atoms with Gasteiger partial charge in [0.2, 0.25) is 5.91 Å². The molecule has 0 fully saturated rings. The predicted octanol–water partition coefficient (Wildman–Crippen LogP) is 2.54. The van der Waals surface area contributed by atoms with Crippen LogP contribution in [0.4, 0.5) is 10.1 Å². The molecule has 1 rings (SSSR count). The van der Waals surface area contributed by atoms with Gasteiger partial charge >= 0.3 is 0 Å². The van der Waals surface area contributed by atoms with Crippen LogP contribution in [0.1, 0.15) is 19.8 Å². The zero-order valence-electron chi connectivity index (χ0n) is 8.97. The zero-order chi connectivity index (χ0) is 12.1. The molecular weight excluding hydrogens is 231 g/mol. The van der Waals surface area contributed by atoms with Crippen LogP contribution in [0.25, 0.3) is 0 Å². The molecule has 1 aromatic rings. The molecule has 0 saturated heterocycles. The second kappa shape index (κ2) is 5.82. The molecule has 5 heteroatoms. The minimum Gasteiger partial charge on any atom is -0.327 e. The molecule has 0 aliphatic carbocycles. The second-order valence-corrected chi connectivity index (χ2v) is 3.96. The summed E-state index contributed by atoms with van der Waals surface area (Å²) in [6.07, 6.45) is 0.975. The zero-order valence-corrected chi connectivity index (χ0v) is 9.72. The summed E-state index contributed by atoms with van der Waals surface area (Å²) in [5.41, 5.74) is 6.11. The van der Waals surface area contributed by atoms with Crippen molar-refractivity contribution in [2.45, 2.75) is 25.8 Å². The van der Waals surface area contributed by atoms with Crippen LogP contribution in [0.5, 0.6) is 0 Å². The summed E-state index contributed by atoms with van der Waals surface area (Å²) in [5.74, 6) is -0.707. The molecule has 1 atom stereocenters. The van der Waals surface area contributed by atoms with E-state index in [0.29, 0.717) is 5.69 Å². The Morgan fingerprint density at radius 1 is 1.62 bits per heavy atom. The lowest BCUT2D eigenvalue weighted by atomic mass is 10.1. The quantitative estimate of drug-likeness (QED) is 0.855. The summed E-state index contributed by atoms with van der Waals surface area (Å²) in [7, 11) is 0. The van der Waals surface area contributed by atoms with Crippen molar-refractivity contribution in [3.8, 4) is 0 Å². The van der Waals surface area contributed by atoms with Gasteiger partial charge in [0.1, 0.15) is 5.82 Å². The lowest BCUT2D eigenvalue weighted by Crippen LogP contribution is -2.26. The molecule has 1 aromatic carbocycles. The third-order valence-electron chi connectivity index (χ3n) is 2.18. The van der Waals surface area contributed by atoms with Gasteiger partial charge in [0, 0.05) is 18.2 Å². The lowest BCUT2D eigenvalue weighted by molar-refractivity contribution is -0.116. The van der Waals surface area contributed by atoms with Crippen LogP contribution in [0.2, 0.25) is 5.02 Å². The molecule has 0 bridgehead atoms. The Morgan fingerprint density at radius 2 is 2.31 bits per heavy atom. The van der Waals surface area contributed by atoms with Crippen molar-refractivity contribution in [1.82, 2.24) is 0 Å². The molecule has 88 valence electrons. The van der Waals surface area contributed by atoms with Crippen molar-refractivity contribution in [2.75, 3.05) is 5.32 Å². The van der Waals surface area contributed by atoms with E-state index in [4.69, 9.17) is 17.3 Å². The number of carbonyl (C=O) groups is 1. The number of amides is 1. The number of anilines is 1. The Bertz CT molecular complexity index is 384. The third-order valence-corrected chi connectivity index (χ3v) is 2.46. The molecule has 0 aliphatic heterocycles. The first-order valence-electron chi connectivity index (χ1n) is 5.03. The van der Waals surface area contributed by atoms with Crippen LogP contribution >= 0.6 is 11.6 Å². The van der Waals surface area contributed by atoms with E-state index < -0.39 is 5.82 Å². The number of rotatable bonds is 4. The Kier molecular flexibility index (Phi) is 4.71. The maximum atomic E-state index is 12.8. The fourth-order valence-electron chi connectivity index (χ4n) is 1.17. The van der Waals surface area contributed by atoms with E-state index in [1.807, 2.05) is 6.92 Å². The van der Waals surface area contributed by atoms with Crippen LogP contribution in [0.15, 0.2) is 18.2 Å². The smallest absolute Gasteiger partial charge is 0.225 e. The highest BCUT2D eigenvalue weighted by Gasteiger charge is 2.08. The van der Waals surface area contributed by atoms with Crippen molar-refractivity contribution in [2.24, 2.45) is 5.73 Å². The molecule has 0 aromatic heterocycles. The van der Waals surface area contributed by atoms with Gasteiger partial charge in [-0.05, 0) is 24.6 Å². The highest BCUT2D eigenvalue weighted by atomic mass is 35.5. The standard InChI is InChI=1S/C11H14ClFN2O/c1-2-7(14)5-11(16)15-8-3-4-10(13)9(12)6-8/h3-4,6-7H,2,5,14H2,1H3,(H,15,16). The maximum absolute atomic E-state index is 12.8. The van der Waals surface area contributed by atoms with Crippen molar-refractivity contribution in [1.29, 1.82) is 0 Å². The van der Waals surface area contributed by atoms with Crippen molar-refractivity contribution < 1.29 is 9.18 Å². The van der Waals surface area contributed by atoms with Gasteiger partial charge in [-0.3, -0.25) is 4.79 Å². The summed E-state index contributed by atoms with van der Waals surface area (Å²) in [4.78, 5) is 11.5. The number of nitrogens with two attached hydrogens (primary N) is 1. The second-order valence-electron chi connectivity index (χ2n) is 3.55. The number of benzene rings is 1. The van der Waals surface area contributed by atoms with E-state index in [1.54, 1.807) is 0 Å². The van der Waals surface area contributed by atoms with Crippen LogP contribution in [-0.2, 0) is 4.79 Å². The van der Waals surface area contributed by atoms with Gasteiger partial charge in [0.05, 0.1) is 5.02 Å². The van der Waals surface area contributed by atoms with Gasteiger partial charge in [-0.1, -0.05) is 18.5 Å². The maximum Gasteiger partial charge on any atom is 0.225 e. The van der Waals surface area contributed by atoms with E-state index in [9.17, 15) is 9.18 Å². The van der Waals surface area contributed by atoms with Gasteiger partial charge in [-0.2, -0.15) is 0 Å². The highest BCUT2D eigenvalue weighted by Crippen LogP contribution is 2.19. The largest absolute Gasteiger partial charge is 0.327 e. The average molecular weight is 245 g/mol. The first-order valence-corrected chi connectivity index (χ1v) is 5.41. The monoisotopic (exact) mass is 244 g/mol. The van der Waals surface area contributed by atoms with E-state index in [-0.39, 0.29) is 23.4 Å². The van der Waals surface area contributed by atoms with E-state index in [1.165, 1.54) is 18.2 Å². The molecule has 0 aliphatic rings. The normalized spacial score (nSPS) is 12.2. The molecule has 1 unspecified atom stereocenters. The Hall–Kier alpha value is -1.13. The van der Waals surface area contributed by atoms with E-state index >= 15 is 0 Å². The third kappa shape index (κ3) is 3.79. The van der Waals surface area contributed by atoms with Gasteiger partial charge in [-0.25, -0.2) is 4.39 Å². The van der Waals surface area contributed by atoms with Crippen LogP contribution in [0.3, 0.4) is 0 Å². The lowest BCUT2D eigenvalue weighted by Gasteiger charge is -2.09. The SMILES string of the molecule is CCC(N)CC(=O)Nc1ccc(F)c(Cl)c1. The fraction of sp³-hybridized carbons (Fsp3) is 0.364. The summed E-state index contributed by atoms with van der Waals surface area (Å²) in [6, 6.07) is 3.87. The first kappa shape index (κ1) is 12.9.